The van der Waals surface area contributed by atoms with Crippen molar-refractivity contribution in [1.29, 1.82) is 0 Å². The third-order valence-electron chi connectivity index (χ3n) is 15.1. The van der Waals surface area contributed by atoms with Gasteiger partial charge in [0, 0.05) is 62.6 Å². The normalized spacial score (nSPS) is 15.8. The van der Waals surface area contributed by atoms with Crippen LogP contribution in [0.25, 0.3) is 0 Å². The van der Waals surface area contributed by atoms with Crippen molar-refractivity contribution in [3.63, 3.8) is 0 Å². The molecule has 31 nitrogen and oxygen atoms in total. The quantitative estimate of drug-likeness (QED) is 0.0137. The number of carboxylic acids is 2. The Bertz CT molecular complexity index is 3160. The van der Waals surface area contributed by atoms with Gasteiger partial charge in [-0.2, -0.15) is 0 Å². The van der Waals surface area contributed by atoms with Crippen molar-refractivity contribution in [2.45, 2.75) is 166 Å². The van der Waals surface area contributed by atoms with Gasteiger partial charge in [-0.3, -0.25) is 52.9 Å². The summed E-state index contributed by atoms with van der Waals surface area (Å²) >= 11 is 0. The molecule has 500 valence electrons. The first kappa shape index (κ1) is 72.8. The van der Waals surface area contributed by atoms with Gasteiger partial charge in [-0.25, -0.2) is 14.8 Å². The van der Waals surface area contributed by atoms with Crippen LogP contribution in [0.2, 0.25) is 0 Å². The topological polar surface area (TPSA) is 496 Å². The Morgan fingerprint density at radius 3 is 1.59 bits per heavy atom. The molecule has 1 aliphatic heterocycles. The fourth-order valence-corrected chi connectivity index (χ4v) is 10.2. The van der Waals surface area contributed by atoms with Gasteiger partial charge < -0.3 is 89.9 Å². The number of hydrogen-bond acceptors (Lipinski definition) is 16. The van der Waals surface area contributed by atoms with Gasteiger partial charge in [-0.05, 0) is 73.1 Å². The number of hydrogen-bond donors (Lipinski definition) is 16. The molecule has 2 aromatic carbocycles. The van der Waals surface area contributed by atoms with Crippen LogP contribution in [0.1, 0.15) is 103 Å². The van der Waals surface area contributed by atoms with E-state index in [9.17, 15) is 63.3 Å². The first-order chi connectivity index (χ1) is 43.6. The van der Waals surface area contributed by atoms with E-state index in [4.69, 9.17) is 17.2 Å². The van der Waals surface area contributed by atoms with Crippen molar-refractivity contribution in [2.24, 2.45) is 39.9 Å². The van der Waals surface area contributed by atoms with Gasteiger partial charge in [-0.15, -0.1) is 0 Å². The number of nitrogens with two attached hydrogens (primary N) is 3. The number of aliphatic carboxylic acids is 2. The Kier molecular flexibility index (Phi) is 28.1. The summed E-state index contributed by atoms with van der Waals surface area (Å²) in [6.45, 7) is 10.2. The summed E-state index contributed by atoms with van der Waals surface area (Å²) in [5, 5.41) is 50.6. The Hall–Kier alpha value is -9.94. The highest BCUT2D eigenvalue weighted by atomic mass is 16.4. The molecule has 3 heterocycles. The summed E-state index contributed by atoms with van der Waals surface area (Å²) in [6, 6.07) is 0.766. The van der Waals surface area contributed by atoms with Crippen molar-refractivity contribution < 1.29 is 68.1 Å². The van der Waals surface area contributed by atoms with E-state index >= 15 is 4.79 Å². The number of aromatic amines is 2. The zero-order valence-corrected chi connectivity index (χ0v) is 52.3. The van der Waals surface area contributed by atoms with E-state index in [-0.39, 0.29) is 82.1 Å². The van der Waals surface area contributed by atoms with E-state index in [0.29, 0.717) is 28.9 Å². The highest BCUT2D eigenvalue weighted by molar-refractivity contribution is 5.99. The molecule has 92 heavy (non-hydrogen) atoms. The van der Waals surface area contributed by atoms with Crippen LogP contribution in [0.15, 0.2) is 84.6 Å². The number of aromatic hydroxyl groups is 1. The number of amides is 9. The van der Waals surface area contributed by atoms with Gasteiger partial charge in [-0.1, -0.05) is 84.0 Å². The third-order valence-corrected chi connectivity index (χ3v) is 15.1. The van der Waals surface area contributed by atoms with Crippen molar-refractivity contribution in [1.82, 2.24) is 67.4 Å². The van der Waals surface area contributed by atoms with Crippen LogP contribution in [0.4, 0.5) is 0 Å². The standard InChI is InChI=1S/C61H87N17O14/c1-32(2)22-46(60(91)92)75-54(85)44(25-37-28-65-30-68-37)71-53(84)42(23-35-12-8-7-9-13-35)72-56(87)47-15-11-21-78(47)59(90)45(26-38-29-66-31-69-38)74-58(89)50(34(5)6)77-55(86)43(24-36-16-18-39(79)19-17-36)73-57(88)49(33(3)4)76-52(83)41(14-10-20-67-61(63)64)70-51(82)40(62)27-48(80)81/h7-9,12-13,16-19,28-34,40-47,49-50,79H,10-11,14-15,20-27,62H2,1-6H3,(H,65,68)(H,66,69)(H,70,82)(H,71,84)(H,72,87)(H,73,88)(H,74,89)(H,75,85)(H,76,83)(H,77,86)(H,80,81)(H,91,92)(H4,63,64,67). The number of imidazole rings is 2. The van der Waals surface area contributed by atoms with E-state index < -0.39 is 144 Å². The summed E-state index contributed by atoms with van der Waals surface area (Å²) < 4.78 is 0. The molecule has 10 atom stereocenters. The number of rotatable bonds is 36. The summed E-state index contributed by atoms with van der Waals surface area (Å²) in [6.07, 6.45) is 4.93. The molecule has 31 heteroatoms. The monoisotopic (exact) mass is 1280 g/mol. The number of carboxylic acid groups (broad SMARTS) is 2. The molecule has 10 unspecified atom stereocenters. The Morgan fingerprint density at radius 1 is 0.598 bits per heavy atom. The average molecular weight is 1280 g/mol. The number of carbonyl (C=O) groups is 11. The highest BCUT2D eigenvalue weighted by Crippen LogP contribution is 2.22. The molecule has 0 spiro atoms. The predicted molar refractivity (Wildman–Crippen MR) is 334 cm³/mol. The zero-order chi connectivity index (χ0) is 67.8. The van der Waals surface area contributed by atoms with E-state index in [0.717, 1.165) is 0 Å². The second-order valence-electron chi connectivity index (χ2n) is 23.8. The Balaban J connectivity index is 1.39. The summed E-state index contributed by atoms with van der Waals surface area (Å²) in [4.78, 5) is 171. The molecular weight excluding hydrogens is 1190 g/mol. The molecule has 0 aliphatic carbocycles. The smallest absolute Gasteiger partial charge is 0.326 e. The van der Waals surface area contributed by atoms with Crippen molar-refractivity contribution >= 4 is 71.1 Å². The van der Waals surface area contributed by atoms with Crippen LogP contribution < -0.4 is 59.7 Å². The van der Waals surface area contributed by atoms with Crippen LogP contribution in [0.5, 0.6) is 5.75 Å². The highest BCUT2D eigenvalue weighted by Gasteiger charge is 2.42. The van der Waals surface area contributed by atoms with Crippen molar-refractivity contribution in [3.05, 3.63) is 102 Å². The van der Waals surface area contributed by atoms with Crippen LogP contribution in [0.3, 0.4) is 0 Å². The number of phenols is 1. The van der Waals surface area contributed by atoms with Gasteiger partial charge in [0.15, 0.2) is 5.96 Å². The van der Waals surface area contributed by atoms with Crippen LogP contribution in [0, 0.1) is 17.8 Å². The molecule has 0 saturated carbocycles. The van der Waals surface area contributed by atoms with Gasteiger partial charge in [0.1, 0.15) is 60.1 Å². The SMILES string of the molecule is CC(C)CC(NC(=O)C(Cc1cnc[nH]1)NC(=O)C(Cc1ccccc1)NC(=O)C1CCCN1C(=O)C(Cc1cnc[nH]1)NC(=O)C(NC(=O)C(Cc1ccc(O)cc1)NC(=O)C(NC(=O)C(CCCN=C(N)N)NC(=O)C(N)CC(=O)O)C(C)C)C(C)C)C(=O)O. The lowest BCUT2D eigenvalue weighted by molar-refractivity contribution is -0.143. The number of nitrogens with zero attached hydrogens (tertiary/aromatic N) is 4. The molecule has 1 fully saturated rings. The summed E-state index contributed by atoms with van der Waals surface area (Å²) in [7, 11) is 0. The van der Waals surface area contributed by atoms with E-state index in [1.54, 1.807) is 71.9 Å². The zero-order valence-electron chi connectivity index (χ0n) is 52.3. The first-order valence-electron chi connectivity index (χ1n) is 30.4. The molecule has 1 aliphatic rings. The predicted octanol–water partition coefficient (Wildman–Crippen LogP) is -1.72. The number of H-pyrrole nitrogens is 2. The number of likely N-dealkylation sites (tertiary alicyclic amines) is 1. The molecule has 19 N–H and O–H groups in total. The van der Waals surface area contributed by atoms with Gasteiger partial charge >= 0.3 is 11.9 Å². The fraction of sp³-hybridized carbons (Fsp3) is 0.508. The molecule has 5 rings (SSSR count). The number of aliphatic imine (C=N–C) groups is 1. The number of aromatic nitrogens is 4. The number of carbonyl (C=O) groups excluding carboxylic acids is 9. The lowest BCUT2D eigenvalue weighted by Crippen LogP contribution is -2.62. The Labute approximate surface area is 531 Å². The minimum absolute atomic E-state index is 0.0422. The van der Waals surface area contributed by atoms with Crippen LogP contribution >= 0.6 is 0 Å². The second kappa shape index (κ2) is 35.5. The van der Waals surface area contributed by atoms with Gasteiger partial charge in [0.25, 0.3) is 0 Å². The van der Waals surface area contributed by atoms with Gasteiger partial charge in [0.05, 0.1) is 25.1 Å². The molecule has 9 amide bonds. The lowest BCUT2D eigenvalue weighted by atomic mass is 9.98. The molecule has 2 aromatic heterocycles. The van der Waals surface area contributed by atoms with Crippen LogP contribution in [-0.2, 0) is 78.4 Å². The van der Waals surface area contributed by atoms with Crippen LogP contribution in [-0.4, -0.2) is 185 Å². The molecule has 0 bridgehead atoms. The summed E-state index contributed by atoms with van der Waals surface area (Å²) in [5.74, 6) is -11.8. The van der Waals surface area contributed by atoms with Crippen molar-refractivity contribution in [2.75, 3.05) is 13.1 Å². The van der Waals surface area contributed by atoms with E-state index in [1.165, 1.54) is 54.2 Å². The lowest BCUT2D eigenvalue weighted by Gasteiger charge is -2.32. The Morgan fingerprint density at radius 2 is 1.08 bits per heavy atom. The first-order valence-corrected chi connectivity index (χ1v) is 30.4. The number of phenolic OH excluding ortho intramolecular Hbond substituents is 1. The summed E-state index contributed by atoms with van der Waals surface area (Å²) in [5.41, 5.74) is 18.6. The number of benzene rings is 2. The number of guanidine groups is 1. The molecule has 0 radical (unpaired) electrons. The molecular formula is C61H87N17O14. The molecule has 1 saturated heterocycles. The maximum atomic E-state index is 15.0. The van der Waals surface area contributed by atoms with Crippen molar-refractivity contribution in [3.8, 4) is 5.75 Å². The molecule has 4 aromatic rings. The minimum atomic E-state index is -1.53. The van der Waals surface area contributed by atoms with Gasteiger partial charge in [0.2, 0.25) is 53.2 Å². The second-order valence-corrected chi connectivity index (χ2v) is 23.8. The maximum absolute atomic E-state index is 15.0. The maximum Gasteiger partial charge on any atom is 0.326 e. The fourth-order valence-electron chi connectivity index (χ4n) is 10.2. The number of nitrogens with one attached hydrogen (secondary N) is 10. The van der Waals surface area contributed by atoms with E-state index in [1.807, 2.05) is 0 Å². The third kappa shape index (κ3) is 23.1. The largest absolute Gasteiger partial charge is 0.508 e. The minimum Gasteiger partial charge on any atom is -0.508 e. The average Bonchev–Trinajstić information content (AvgIpc) is 1.71. The van der Waals surface area contributed by atoms with E-state index in [2.05, 4.69) is 67.5 Å².